The van der Waals surface area contributed by atoms with Crippen molar-refractivity contribution in [2.45, 2.75) is 25.4 Å². The minimum absolute atomic E-state index is 0.0425. The van der Waals surface area contributed by atoms with Crippen molar-refractivity contribution in [3.05, 3.63) is 71.8 Å². The van der Waals surface area contributed by atoms with Crippen molar-refractivity contribution in [2.24, 2.45) is 0 Å². The zero-order valence-corrected chi connectivity index (χ0v) is 17.2. The van der Waals surface area contributed by atoms with Gasteiger partial charge in [0.25, 0.3) is 11.8 Å². The summed E-state index contributed by atoms with van der Waals surface area (Å²) in [5.41, 5.74) is 2.82. The molecule has 2 aromatic carbocycles. The number of hydrogen-bond acceptors (Lipinski definition) is 4. The molecule has 0 radical (unpaired) electrons. The average Bonchev–Trinajstić information content (AvgIpc) is 3.39. The number of para-hydroxylation sites is 1. The molecule has 0 spiro atoms. The number of carbonyl (C=O) groups excluding carboxylic acids is 3. The second-order valence-electron chi connectivity index (χ2n) is 7.64. The highest BCUT2D eigenvalue weighted by Gasteiger charge is 2.30. The van der Waals surface area contributed by atoms with Gasteiger partial charge in [0.2, 0.25) is 5.91 Å². The molecule has 160 valence electrons. The quantitative estimate of drug-likeness (QED) is 0.722. The second kappa shape index (κ2) is 9.14. The number of hydrogen-bond donors (Lipinski definition) is 2. The highest BCUT2D eigenvalue weighted by atomic mass is 16.5. The molecule has 7 heteroatoms. The van der Waals surface area contributed by atoms with Crippen LogP contribution in [0.2, 0.25) is 0 Å². The first-order valence-electron chi connectivity index (χ1n) is 10.4. The largest absolute Gasteiger partial charge is 0.376 e. The van der Waals surface area contributed by atoms with Crippen molar-refractivity contribution < 1.29 is 19.1 Å². The lowest BCUT2D eigenvalue weighted by Gasteiger charge is -2.17. The zero-order chi connectivity index (χ0) is 21.8. The summed E-state index contributed by atoms with van der Waals surface area (Å²) in [7, 11) is 0. The van der Waals surface area contributed by atoms with E-state index in [-0.39, 0.29) is 36.8 Å². The predicted octanol–water partition coefficient (Wildman–Crippen LogP) is 3.05. The molecule has 3 amide bonds. The summed E-state index contributed by atoms with van der Waals surface area (Å²) in [6.07, 6.45) is 2.07. The Kier molecular flexibility index (Phi) is 6.13. The molecule has 1 saturated heterocycles. The van der Waals surface area contributed by atoms with Crippen molar-refractivity contribution in [2.75, 3.05) is 25.0 Å². The van der Waals surface area contributed by atoms with Gasteiger partial charge in [-0.25, -0.2) is 0 Å². The Bertz CT molecular complexity index is 992. The van der Waals surface area contributed by atoms with E-state index in [0.29, 0.717) is 29.1 Å². The van der Waals surface area contributed by atoms with E-state index in [0.717, 1.165) is 25.0 Å². The summed E-state index contributed by atoms with van der Waals surface area (Å²) < 4.78 is 5.53. The highest BCUT2D eigenvalue weighted by molar-refractivity contribution is 6.09. The first kappa shape index (κ1) is 20.8. The van der Waals surface area contributed by atoms with Crippen LogP contribution in [0, 0.1) is 0 Å². The van der Waals surface area contributed by atoms with Gasteiger partial charge in [0.15, 0.2) is 0 Å². The Morgan fingerprint density at radius 1 is 1.10 bits per heavy atom. The van der Waals surface area contributed by atoms with Crippen LogP contribution in [0.25, 0.3) is 5.70 Å². The smallest absolute Gasteiger partial charge is 0.258 e. The van der Waals surface area contributed by atoms with Crippen LogP contribution in [-0.4, -0.2) is 48.4 Å². The Balaban J connectivity index is 1.34. The number of anilines is 1. The zero-order valence-electron chi connectivity index (χ0n) is 17.2. The number of amides is 3. The number of ether oxygens (including phenoxy) is 1. The molecule has 1 fully saturated rings. The van der Waals surface area contributed by atoms with Gasteiger partial charge in [-0.15, -0.1) is 0 Å². The van der Waals surface area contributed by atoms with Crippen molar-refractivity contribution in [3.8, 4) is 0 Å². The fraction of sp³-hybridized carbons (Fsp3) is 0.292. The van der Waals surface area contributed by atoms with Gasteiger partial charge in [0, 0.05) is 42.9 Å². The van der Waals surface area contributed by atoms with Crippen LogP contribution in [-0.2, 0) is 9.53 Å². The van der Waals surface area contributed by atoms with Crippen LogP contribution in [0.3, 0.4) is 0 Å². The lowest BCUT2D eigenvalue weighted by atomic mass is 10.1. The predicted molar refractivity (Wildman–Crippen MR) is 118 cm³/mol. The molecule has 0 aliphatic carbocycles. The molecule has 0 aromatic heterocycles. The summed E-state index contributed by atoms with van der Waals surface area (Å²) >= 11 is 0. The van der Waals surface area contributed by atoms with Crippen molar-refractivity contribution in [3.63, 3.8) is 0 Å². The Labute approximate surface area is 181 Å². The van der Waals surface area contributed by atoms with Gasteiger partial charge < -0.3 is 20.3 Å². The average molecular weight is 419 g/mol. The van der Waals surface area contributed by atoms with Gasteiger partial charge in [-0.1, -0.05) is 36.9 Å². The lowest BCUT2D eigenvalue weighted by Crippen LogP contribution is -2.32. The second-order valence-corrected chi connectivity index (χ2v) is 7.64. The van der Waals surface area contributed by atoms with E-state index in [9.17, 15) is 14.4 Å². The van der Waals surface area contributed by atoms with Gasteiger partial charge in [-0.2, -0.15) is 0 Å². The summed E-state index contributed by atoms with van der Waals surface area (Å²) in [6, 6.07) is 14.1. The van der Waals surface area contributed by atoms with Crippen LogP contribution in [0.15, 0.2) is 55.1 Å². The van der Waals surface area contributed by atoms with E-state index < -0.39 is 0 Å². The van der Waals surface area contributed by atoms with E-state index in [4.69, 9.17) is 4.74 Å². The van der Waals surface area contributed by atoms with Gasteiger partial charge in [-0.3, -0.25) is 14.4 Å². The monoisotopic (exact) mass is 419 g/mol. The van der Waals surface area contributed by atoms with Gasteiger partial charge >= 0.3 is 0 Å². The van der Waals surface area contributed by atoms with Crippen LogP contribution in [0.5, 0.6) is 0 Å². The maximum Gasteiger partial charge on any atom is 0.258 e. The van der Waals surface area contributed by atoms with E-state index in [2.05, 4.69) is 17.2 Å². The summed E-state index contributed by atoms with van der Waals surface area (Å²) in [6.45, 7) is 5.38. The lowest BCUT2D eigenvalue weighted by molar-refractivity contribution is -0.116. The Morgan fingerprint density at radius 2 is 1.84 bits per heavy atom. The van der Waals surface area contributed by atoms with Crippen LogP contribution >= 0.6 is 0 Å². The maximum atomic E-state index is 12.6. The molecule has 31 heavy (non-hydrogen) atoms. The van der Waals surface area contributed by atoms with E-state index in [1.807, 2.05) is 12.1 Å². The molecule has 2 aliphatic rings. The van der Waals surface area contributed by atoms with Crippen molar-refractivity contribution in [1.82, 2.24) is 10.2 Å². The molecule has 2 aliphatic heterocycles. The molecule has 1 unspecified atom stereocenters. The molecule has 1 atom stereocenters. The summed E-state index contributed by atoms with van der Waals surface area (Å²) in [5, 5.41) is 5.67. The normalized spacial score (nSPS) is 17.5. The van der Waals surface area contributed by atoms with Crippen LogP contribution < -0.4 is 10.6 Å². The van der Waals surface area contributed by atoms with Gasteiger partial charge in [-0.05, 0) is 31.0 Å². The van der Waals surface area contributed by atoms with Crippen LogP contribution in [0.4, 0.5) is 5.69 Å². The molecular formula is C24H25N3O4. The van der Waals surface area contributed by atoms with E-state index >= 15 is 0 Å². The number of nitrogens with one attached hydrogen (secondary N) is 2. The number of fused-ring (bicyclic) bond motifs is 1. The third kappa shape index (κ3) is 4.51. The number of nitrogens with zero attached hydrogens (tertiary/aromatic N) is 1. The number of carbonyl (C=O) groups is 3. The summed E-state index contributed by atoms with van der Waals surface area (Å²) in [5.74, 6) is -0.691. The summed E-state index contributed by atoms with van der Waals surface area (Å²) in [4.78, 5) is 39.3. The van der Waals surface area contributed by atoms with Crippen molar-refractivity contribution in [1.29, 1.82) is 0 Å². The minimum Gasteiger partial charge on any atom is -0.376 e. The van der Waals surface area contributed by atoms with E-state index in [1.165, 1.54) is 4.90 Å². The van der Waals surface area contributed by atoms with Gasteiger partial charge in [0.1, 0.15) is 0 Å². The molecule has 2 N–H and O–H groups in total. The first-order chi connectivity index (χ1) is 15.0. The Morgan fingerprint density at radius 3 is 2.58 bits per heavy atom. The van der Waals surface area contributed by atoms with Crippen LogP contribution in [0.1, 0.15) is 45.5 Å². The third-order valence-electron chi connectivity index (χ3n) is 5.56. The fourth-order valence-electron chi connectivity index (χ4n) is 3.89. The maximum absolute atomic E-state index is 12.6. The standard InChI is InChI=1S/C24H25N3O4/c1-16-18-8-2-3-9-19(18)24(30)27(16)13-12-22(28)26-21-11-5-4-10-20(21)23(29)25-15-17-7-6-14-31-17/h2-5,8-11,17H,1,6-7,12-15H2,(H,25,29)(H,26,28). The minimum atomic E-state index is -0.282. The van der Waals surface area contributed by atoms with Gasteiger partial charge in [0.05, 0.1) is 17.4 Å². The Hall–Kier alpha value is -3.45. The molecule has 7 nitrogen and oxygen atoms in total. The molecule has 0 bridgehead atoms. The molecule has 4 rings (SSSR count). The highest BCUT2D eigenvalue weighted by Crippen LogP contribution is 2.31. The topological polar surface area (TPSA) is 87.7 Å². The SMILES string of the molecule is C=C1c2ccccc2C(=O)N1CCC(=O)Nc1ccccc1C(=O)NCC1CCCO1. The molecular weight excluding hydrogens is 394 g/mol. The molecule has 0 saturated carbocycles. The molecule has 2 heterocycles. The fourth-order valence-corrected chi connectivity index (χ4v) is 3.89. The van der Waals surface area contributed by atoms with Crippen molar-refractivity contribution >= 4 is 29.1 Å². The van der Waals surface area contributed by atoms with E-state index in [1.54, 1.807) is 36.4 Å². The molecule has 2 aromatic rings. The number of benzene rings is 2. The first-order valence-corrected chi connectivity index (χ1v) is 10.4. The third-order valence-corrected chi connectivity index (χ3v) is 5.56. The number of rotatable bonds is 7.